The molecule has 0 aliphatic carbocycles. The van der Waals surface area contributed by atoms with Crippen LogP contribution in [0.25, 0.3) is 11.5 Å². The molecule has 0 amide bonds. The second-order valence-corrected chi connectivity index (χ2v) is 5.44. The summed E-state index contributed by atoms with van der Waals surface area (Å²) in [6, 6.07) is 9.03. The van der Waals surface area contributed by atoms with E-state index in [2.05, 4.69) is 15.0 Å². The number of rotatable bonds is 7. The van der Waals surface area contributed by atoms with Crippen LogP contribution in [0.1, 0.15) is 5.69 Å². The molecule has 0 aliphatic heterocycles. The van der Waals surface area contributed by atoms with Crippen LogP contribution in [0.3, 0.4) is 0 Å². The van der Waals surface area contributed by atoms with Gasteiger partial charge >= 0.3 is 5.97 Å². The Bertz CT molecular complexity index is 849. The number of anilines is 1. The Hall–Kier alpha value is -3.42. The summed E-state index contributed by atoms with van der Waals surface area (Å²) in [4.78, 5) is 26.0. The Labute approximate surface area is 150 Å². The van der Waals surface area contributed by atoms with Gasteiger partial charge in [0.25, 0.3) is 0 Å². The van der Waals surface area contributed by atoms with Gasteiger partial charge in [0.2, 0.25) is 11.8 Å². The van der Waals surface area contributed by atoms with Gasteiger partial charge < -0.3 is 18.8 Å². The summed E-state index contributed by atoms with van der Waals surface area (Å²) >= 11 is 0. The average Bonchev–Trinajstić information content (AvgIpc) is 3.16. The molecular weight excluding hydrogens is 336 g/mol. The highest BCUT2D eigenvalue weighted by molar-refractivity contribution is 5.74. The highest BCUT2D eigenvalue weighted by Gasteiger charge is 2.13. The number of nitrogens with zero attached hydrogens (tertiary/aromatic N) is 4. The van der Waals surface area contributed by atoms with Crippen molar-refractivity contribution < 1.29 is 18.7 Å². The second-order valence-electron chi connectivity index (χ2n) is 5.44. The summed E-state index contributed by atoms with van der Waals surface area (Å²) in [6.45, 7) is 0.0647. The zero-order valence-corrected chi connectivity index (χ0v) is 14.5. The molecule has 0 aliphatic rings. The normalized spacial score (nSPS) is 10.4. The molecule has 26 heavy (non-hydrogen) atoms. The molecule has 2 heterocycles. The van der Waals surface area contributed by atoms with Crippen molar-refractivity contribution in [3.05, 3.63) is 54.7 Å². The largest absolute Gasteiger partial charge is 0.497 e. The van der Waals surface area contributed by atoms with E-state index in [9.17, 15) is 4.79 Å². The fraction of sp³-hybridized carbons (Fsp3) is 0.222. The maximum Gasteiger partial charge on any atom is 0.326 e. The van der Waals surface area contributed by atoms with Crippen LogP contribution >= 0.6 is 0 Å². The van der Waals surface area contributed by atoms with Crippen LogP contribution in [0.2, 0.25) is 0 Å². The number of esters is 1. The van der Waals surface area contributed by atoms with E-state index in [1.165, 1.54) is 6.26 Å². The number of oxazole rings is 1. The average molecular weight is 354 g/mol. The monoisotopic (exact) mass is 354 g/mol. The minimum Gasteiger partial charge on any atom is -0.497 e. The van der Waals surface area contributed by atoms with Crippen LogP contribution in [0, 0.1) is 0 Å². The molecule has 0 saturated carbocycles. The number of hydrogen-bond acceptors (Lipinski definition) is 8. The molecule has 0 atom stereocenters. The van der Waals surface area contributed by atoms with Gasteiger partial charge in [-0.3, -0.25) is 4.79 Å². The minimum absolute atomic E-state index is 0.0297. The molecular formula is C18H18N4O4. The number of carbonyl (C=O) groups is 1. The van der Waals surface area contributed by atoms with Crippen molar-refractivity contribution in [2.75, 3.05) is 25.6 Å². The van der Waals surface area contributed by atoms with E-state index in [-0.39, 0.29) is 13.2 Å². The van der Waals surface area contributed by atoms with Gasteiger partial charge in [-0.05, 0) is 30.3 Å². The lowest BCUT2D eigenvalue weighted by Crippen LogP contribution is -2.28. The summed E-state index contributed by atoms with van der Waals surface area (Å²) in [5.41, 5.74) is 1.34. The van der Waals surface area contributed by atoms with Crippen LogP contribution in [-0.2, 0) is 16.1 Å². The van der Waals surface area contributed by atoms with Gasteiger partial charge in [-0.25, -0.2) is 15.0 Å². The number of aromatic nitrogens is 3. The van der Waals surface area contributed by atoms with E-state index in [1.807, 2.05) is 24.3 Å². The topological polar surface area (TPSA) is 90.6 Å². The number of carbonyl (C=O) groups excluding carboxylic acids is 1. The third-order valence-corrected chi connectivity index (χ3v) is 3.53. The Morgan fingerprint density at radius 1 is 1.19 bits per heavy atom. The lowest BCUT2D eigenvalue weighted by Gasteiger charge is -2.15. The second kappa shape index (κ2) is 8.11. The molecule has 0 N–H and O–H groups in total. The van der Waals surface area contributed by atoms with Crippen LogP contribution < -0.4 is 9.64 Å². The summed E-state index contributed by atoms with van der Waals surface area (Å²) in [5, 5.41) is 0. The maximum absolute atomic E-state index is 12.0. The van der Waals surface area contributed by atoms with Gasteiger partial charge in [0.1, 0.15) is 30.9 Å². The van der Waals surface area contributed by atoms with Crippen LogP contribution in [0.5, 0.6) is 5.75 Å². The van der Waals surface area contributed by atoms with E-state index in [0.29, 0.717) is 17.5 Å². The van der Waals surface area contributed by atoms with E-state index in [1.54, 1.807) is 37.5 Å². The number of methoxy groups -OCH3 is 1. The minimum atomic E-state index is -0.408. The van der Waals surface area contributed by atoms with Gasteiger partial charge in [0.15, 0.2) is 0 Å². The van der Waals surface area contributed by atoms with Crippen LogP contribution in [-0.4, -0.2) is 41.6 Å². The molecule has 0 radical (unpaired) electrons. The third-order valence-electron chi connectivity index (χ3n) is 3.53. The molecule has 0 unspecified atom stereocenters. The molecule has 2 aromatic heterocycles. The summed E-state index contributed by atoms with van der Waals surface area (Å²) in [6.07, 6.45) is 4.69. The first-order valence-electron chi connectivity index (χ1n) is 7.88. The third kappa shape index (κ3) is 4.35. The van der Waals surface area contributed by atoms with Gasteiger partial charge in [0, 0.05) is 25.0 Å². The Kier molecular flexibility index (Phi) is 5.43. The standard InChI is InChI=1S/C18H18N4O4/c1-22(18-19-8-3-9-20-18)10-16(23)25-11-14-12-26-17(21-14)13-4-6-15(24-2)7-5-13/h3-9,12H,10-11H2,1-2H3. The molecule has 3 rings (SSSR count). The lowest BCUT2D eigenvalue weighted by molar-refractivity contribution is -0.143. The number of likely N-dealkylation sites (N-methyl/N-ethyl adjacent to an activating group) is 1. The first kappa shape index (κ1) is 17.4. The molecule has 0 bridgehead atoms. The Morgan fingerprint density at radius 3 is 2.62 bits per heavy atom. The first-order valence-corrected chi connectivity index (χ1v) is 7.88. The summed E-state index contributed by atoms with van der Waals surface area (Å²) in [7, 11) is 3.32. The molecule has 1 aromatic carbocycles. The molecule has 0 spiro atoms. The fourth-order valence-corrected chi connectivity index (χ4v) is 2.19. The predicted octanol–water partition coefficient (Wildman–Crippen LogP) is 2.32. The zero-order chi connectivity index (χ0) is 18.4. The van der Waals surface area contributed by atoms with Crippen molar-refractivity contribution in [3.8, 4) is 17.2 Å². The molecule has 3 aromatic rings. The molecule has 0 fully saturated rings. The van der Waals surface area contributed by atoms with E-state index < -0.39 is 5.97 Å². The van der Waals surface area contributed by atoms with Crippen LogP contribution in [0.4, 0.5) is 5.95 Å². The number of ether oxygens (including phenoxy) is 2. The smallest absolute Gasteiger partial charge is 0.326 e. The van der Waals surface area contributed by atoms with Gasteiger partial charge in [-0.1, -0.05) is 0 Å². The van der Waals surface area contributed by atoms with Gasteiger partial charge in [0.05, 0.1) is 7.11 Å². The molecule has 134 valence electrons. The van der Waals surface area contributed by atoms with Crippen molar-refractivity contribution in [3.63, 3.8) is 0 Å². The van der Waals surface area contributed by atoms with Crippen molar-refractivity contribution in [2.45, 2.75) is 6.61 Å². The SMILES string of the molecule is COc1ccc(-c2nc(COC(=O)CN(C)c3ncccn3)co2)cc1. The Morgan fingerprint density at radius 2 is 1.92 bits per heavy atom. The van der Waals surface area contributed by atoms with E-state index in [4.69, 9.17) is 13.9 Å². The predicted molar refractivity (Wildman–Crippen MR) is 93.6 cm³/mol. The maximum atomic E-state index is 12.0. The van der Waals surface area contributed by atoms with Gasteiger partial charge in [-0.2, -0.15) is 0 Å². The van der Waals surface area contributed by atoms with E-state index in [0.717, 1.165) is 11.3 Å². The van der Waals surface area contributed by atoms with Crippen molar-refractivity contribution in [2.24, 2.45) is 0 Å². The first-order chi connectivity index (χ1) is 12.7. The quantitative estimate of drug-likeness (QED) is 0.597. The van der Waals surface area contributed by atoms with Crippen molar-refractivity contribution >= 4 is 11.9 Å². The fourth-order valence-electron chi connectivity index (χ4n) is 2.19. The number of benzene rings is 1. The Balaban J connectivity index is 1.53. The zero-order valence-electron chi connectivity index (χ0n) is 14.5. The highest BCUT2D eigenvalue weighted by Crippen LogP contribution is 2.22. The summed E-state index contributed by atoms with van der Waals surface area (Å²) in [5.74, 6) is 1.25. The highest BCUT2D eigenvalue weighted by atomic mass is 16.5. The van der Waals surface area contributed by atoms with Crippen molar-refractivity contribution in [1.82, 2.24) is 15.0 Å². The molecule has 8 nitrogen and oxygen atoms in total. The molecule has 0 saturated heterocycles. The van der Waals surface area contributed by atoms with Crippen LogP contribution in [0.15, 0.2) is 53.4 Å². The number of hydrogen-bond donors (Lipinski definition) is 0. The summed E-state index contributed by atoms with van der Waals surface area (Å²) < 4.78 is 15.8. The van der Waals surface area contributed by atoms with E-state index >= 15 is 0 Å². The van der Waals surface area contributed by atoms with Gasteiger partial charge in [-0.15, -0.1) is 0 Å². The van der Waals surface area contributed by atoms with Crippen molar-refractivity contribution in [1.29, 1.82) is 0 Å². The lowest BCUT2D eigenvalue weighted by atomic mass is 10.2. The molecule has 8 heteroatoms.